The molecule has 0 atom stereocenters. The number of para-hydroxylation sites is 2. The fourth-order valence-electron chi connectivity index (χ4n) is 3.95. The summed E-state index contributed by atoms with van der Waals surface area (Å²) >= 11 is 0. The van der Waals surface area contributed by atoms with Gasteiger partial charge in [-0.1, -0.05) is 57.2 Å². The number of fused-ring (bicyclic) bond motifs is 3. The molecule has 1 heterocycles. The molecule has 0 saturated heterocycles. The third kappa shape index (κ3) is 2.46. The molecule has 0 radical (unpaired) electrons. The van der Waals surface area contributed by atoms with Crippen LogP contribution in [0.3, 0.4) is 0 Å². The van der Waals surface area contributed by atoms with E-state index in [-0.39, 0.29) is 5.54 Å². The molecule has 0 bridgehead atoms. The summed E-state index contributed by atoms with van der Waals surface area (Å²) in [6, 6.07) is 17.5. The molecule has 0 saturated carbocycles. The van der Waals surface area contributed by atoms with Crippen molar-refractivity contribution in [2.75, 3.05) is 0 Å². The maximum atomic E-state index is 2.53. The van der Waals surface area contributed by atoms with E-state index in [0.717, 1.165) is 6.42 Å². The van der Waals surface area contributed by atoms with Crippen LogP contribution in [0, 0.1) is 5.41 Å². The van der Waals surface area contributed by atoms with Crippen LogP contribution in [0.15, 0.2) is 48.5 Å². The van der Waals surface area contributed by atoms with Gasteiger partial charge in [-0.05, 0) is 37.8 Å². The molecule has 1 aromatic heterocycles. The zero-order valence-corrected chi connectivity index (χ0v) is 13.8. The van der Waals surface area contributed by atoms with E-state index in [0.29, 0.717) is 5.41 Å². The second kappa shape index (κ2) is 4.62. The molecule has 0 spiro atoms. The summed E-state index contributed by atoms with van der Waals surface area (Å²) in [6.07, 6.45) is 1.14. The molecule has 0 aliphatic carbocycles. The van der Waals surface area contributed by atoms with E-state index < -0.39 is 0 Å². The second-order valence-corrected chi connectivity index (χ2v) is 7.92. The molecule has 3 rings (SSSR count). The van der Waals surface area contributed by atoms with Crippen LogP contribution in [0.4, 0.5) is 0 Å². The Morgan fingerprint density at radius 2 is 1.14 bits per heavy atom. The van der Waals surface area contributed by atoms with Crippen LogP contribution in [0.5, 0.6) is 0 Å². The first kappa shape index (κ1) is 14.2. The summed E-state index contributed by atoms with van der Waals surface area (Å²) < 4.78 is 2.53. The maximum absolute atomic E-state index is 2.53. The first-order chi connectivity index (χ1) is 9.80. The Balaban J connectivity index is 2.34. The van der Waals surface area contributed by atoms with Gasteiger partial charge in [0, 0.05) is 27.3 Å². The lowest BCUT2D eigenvalue weighted by Gasteiger charge is -2.35. The quantitative estimate of drug-likeness (QED) is 0.545. The Morgan fingerprint density at radius 3 is 1.57 bits per heavy atom. The predicted octanol–water partition coefficient (Wildman–Crippen LogP) is 5.97. The molecule has 0 fully saturated rings. The van der Waals surface area contributed by atoms with Crippen molar-refractivity contribution in [1.82, 2.24) is 4.57 Å². The molecule has 2 aromatic carbocycles. The van der Waals surface area contributed by atoms with Gasteiger partial charge in [0.05, 0.1) is 0 Å². The van der Waals surface area contributed by atoms with Crippen molar-refractivity contribution >= 4 is 21.8 Å². The van der Waals surface area contributed by atoms with Crippen LogP contribution in [0.1, 0.15) is 41.0 Å². The van der Waals surface area contributed by atoms with Gasteiger partial charge in [-0.2, -0.15) is 0 Å². The van der Waals surface area contributed by atoms with Gasteiger partial charge in [-0.15, -0.1) is 0 Å². The lowest BCUT2D eigenvalue weighted by atomic mass is 9.81. The number of aromatic nitrogens is 1. The normalized spacial score (nSPS) is 13.2. The SMILES string of the molecule is CC(C)(C)CC(C)(C)n1c2ccccc2c2ccccc21. The summed E-state index contributed by atoms with van der Waals surface area (Å²) in [7, 11) is 0. The van der Waals surface area contributed by atoms with Gasteiger partial charge in [-0.25, -0.2) is 0 Å². The van der Waals surface area contributed by atoms with Crippen LogP contribution in [-0.2, 0) is 5.54 Å². The summed E-state index contributed by atoms with van der Waals surface area (Å²) in [5.74, 6) is 0. The fourth-order valence-corrected chi connectivity index (χ4v) is 3.95. The highest BCUT2D eigenvalue weighted by Gasteiger charge is 2.29. The van der Waals surface area contributed by atoms with Crippen molar-refractivity contribution in [2.45, 2.75) is 46.6 Å². The molecule has 1 heteroatoms. The molecule has 110 valence electrons. The van der Waals surface area contributed by atoms with Crippen LogP contribution < -0.4 is 0 Å². The summed E-state index contributed by atoms with van der Waals surface area (Å²) in [4.78, 5) is 0. The molecule has 0 aliphatic heterocycles. The third-order valence-corrected chi connectivity index (χ3v) is 4.15. The minimum Gasteiger partial charge on any atom is -0.335 e. The topological polar surface area (TPSA) is 4.93 Å². The predicted molar refractivity (Wildman–Crippen MR) is 92.8 cm³/mol. The van der Waals surface area contributed by atoms with E-state index in [9.17, 15) is 0 Å². The Labute approximate surface area is 127 Å². The molecule has 21 heavy (non-hydrogen) atoms. The van der Waals surface area contributed by atoms with Crippen LogP contribution >= 0.6 is 0 Å². The number of rotatable bonds is 2. The molecule has 1 nitrogen and oxygen atoms in total. The number of benzene rings is 2. The van der Waals surface area contributed by atoms with Gasteiger partial charge in [0.25, 0.3) is 0 Å². The summed E-state index contributed by atoms with van der Waals surface area (Å²) in [5, 5.41) is 2.71. The Hall–Kier alpha value is -1.76. The lowest BCUT2D eigenvalue weighted by Crippen LogP contribution is -2.31. The largest absolute Gasteiger partial charge is 0.335 e. The van der Waals surface area contributed by atoms with Crippen molar-refractivity contribution in [3.05, 3.63) is 48.5 Å². The second-order valence-electron chi connectivity index (χ2n) is 7.92. The van der Waals surface area contributed by atoms with Crippen LogP contribution in [0.2, 0.25) is 0 Å². The molecule has 0 aliphatic rings. The average Bonchev–Trinajstić information content (AvgIpc) is 2.71. The average molecular weight is 279 g/mol. The lowest BCUT2D eigenvalue weighted by molar-refractivity contribution is 0.225. The van der Waals surface area contributed by atoms with Gasteiger partial charge in [0.1, 0.15) is 0 Å². The Kier molecular flexibility index (Phi) is 3.12. The van der Waals surface area contributed by atoms with Gasteiger partial charge in [0.2, 0.25) is 0 Å². The summed E-state index contributed by atoms with van der Waals surface area (Å²) in [5.41, 5.74) is 3.07. The van der Waals surface area contributed by atoms with Crippen molar-refractivity contribution in [1.29, 1.82) is 0 Å². The highest BCUT2D eigenvalue weighted by atomic mass is 15.1. The van der Waals surface area contributed by atoms with Crippen molar-refractivity contribution in [3.63, 3.8) is 0 Å². The van der Waals surface area contributed by atoms with Crippen molar-refractivity contribution in [3.8, 4) is 0 Å². The fraction of sp³-hybridized carbons (Fsp3) is 0.400. The van der Waals surface area contributed by atoms with Gasteiger partial charge in [-0.3, -0.25) is 0 Å². The Bertz CT molecular complexity index is 731. The van der Waals surface area contributed by atoms with E-state index in [2.05, 4.69) is 87.7 Å². The van der Waals surface area contributed by atoms with E-state index >= 15 is 0 Å². The van der Waals surface area contributed by atoms with E-state index in [1.54, 1.807) is 0 Å². The highest BCUT2D eigenvalue weighted by molar-refractivity contribution is 6.08. The zero-order valence-electron chi connectivity index (χ0n) is 13.8. The minimum absolute atomic E-state index is 0.0843. The van der Waals surface area contributed by atoms with Crippen molar-refractivity contribution < 1.29 is 0 Å². The van der Waals surface area contributed by atoms with E-state index in [1.165, 1.54) is 21.8 Å². The maximum Gasteiger partial charge on any atom is 0.0496 e. The van der Waals surface area contributed by atoms with Crippen LogP contribution in [-0.4, -0.2) is 4.57 Å². The zero-order chi connectivity index (χ0) is 15.3. The first-order valence-electron chi connectivity index (χ1n) is 7.78. The monoisotopic (exact) mass is 279 g/mol. The smallest absolute Gasteiger partial charge is 0.0496 e. The van der Waals surface area contributed by atoms with Crippen LogP contribution in [0.25, 0.3) is 21.8 Å². The van der Waals surface area contributed by atoms with Gasteiger partial charge >= 0.3 is 0 Å². The van der Waals surface area contributed by atoms with Gasteiger partial charge in [0.15, 0.2) is 0 Å². The van der Waals surface area contributed by atoms with Gasteiger partial charge < -0.3 is 4.57 Å². The standard InChI is InChI=1S/C20H25N/c1-19(2,3)14-20(4,5)21-17-12-8-6-10-15(17)16-11-7-9-13-18(16)21/h6-13H,14H2,1-5H3. The molecular weight excluding hydrogens is 254 g/mol. The number of hydrogen-bond donors (Lipinski definition) is 0. The minimum atomic E-state index is 0.0843. The highest BCUT2D eigenvalue weighted by Crippen LogP contribution is 2.39. The van der Waals surface area contributed by atoms with E-state index in [1.807, 2.05) is 0 Å². The van der Waals surface area contributed by atoms with Crippen molar-refractivity contribution in [2.24, 2.45) is 5.41 Å². The molecule has 0 unspecified atom stereocenters. The first-order valence-corrected chi connectivity index (χ1v) is 7.78. The number of nitrogens with zero attached hydrogens (tertiary/aromatic N) is 1. The number of hydrogen-bond acceptors (Lipinski definition) is 0. The molecule has 0 N–H and O–H groups in total. The molecular formula is C20H25N. The Morgan fingerprint density at radius 1 is 0.714 bits per heavy atom. The molecule has 0 amide bonds. The van der Waals surface area contributed by atoms with E-state index in [4.69, 9.17) is 0 Å². The summed E-state index contributed by atoms with van der Waals surface area (Å²) in [6.45, 7) is 11.7. The molecule has 3 aromatic rings. The third-order valence-electron chi connectivity index (χ3n) is 4.15.